The third-order valence-corrected chi connectivity index (χ3v) is 4.21. The number of benzene rings is 3. The predicted octanol–water partition coefficient (Wildman–Crippen LogP) is 4.22. The molecule has 0 bridgehead atoms. The minimum atomic E-state index is -0.0783. The van der Waals surface area contributed by atoms with Crippen LogP contribution in [0.2, 0.25) is 0 Å². The highest BCUT2D eigenvalue weighted by Gasteiger charge is 2.22. The fraction of sp³-hybridized carbons (Fsp3) is 0.0455. The van der Waals surface area contributed by atoms with E-state index in [9.17, 15) is 4.79 Å². The van der Waals surface area contributed by atoms with Crippen molar-refractivity contribution in [1.82, 2.24) is 15.0 Å². The largest absolute Gasteiger partial charge is 0.287 e. The highest BCUT2D eigenvalue weighted by molar-refractivity contribution is 6.11. The average molecular weight is 339 g/mol. The van der Waals surface area contributed by atoms with Crippen molar-refractivity contribution in [2.45, 2.75) is 6.54 Å². The van der Waals surface area contributed by atoms with Gasteiger partial charge in [-0.3, -0.25) is 4.79 Å². The topological polar surface area (TPSA) is 47.8 Å². The van der Waals surface area contributed by atoms with Gasteiger partial charge in [-0.2, -0.15) is 0 Å². The van der Waals surface area contributed by atoms with E-state index in [1.165, 1.54) is 0 Å². The maximum atomic E-state index is 13.2. The van der Waals surface area contributed by atoms with Gasteiger partial charge in [0.05, 0.1) is 6.54 Å². The molecular formula is C22H17N3O. The lowest BCUT2D eigenvalue weighted by molar-refractivity contribution is 0.103. The summed E-state index contributed by atoms with van der Waals surface area (Å²) in [7, 11) is 0. The molecule has 1 heterocycles. The summed E-state index contributed by atoms with van der Waals surface area (Å²) < 4.78 is 1.69. The van der Waals surface area contributed by atoms with Crippen LogP contribution in [-0.2, 0) is 6.54 Å². The Morgan fingerprint density at radius 1 is 0.769 bits per heavy atom. The van der Waals surface area contributed by atoms with Gasteiger partial charge in [-0.05, 0) is 5.56 Å². The predicted molar refractivity (Wildman–Crippen MR) is 101 cm³/mol. The molecule has 0 atom stereocenters. The van der Waals surface area contributed by atoms with Crippen LogP contribution in [0.5, 0.6) is 0 Å². The van der Waals surface area contributed by atoms with Gasteiger partial charge >= 0.3 is 0 Å². The molecule has 4 rings (SSSR count). The van der Waals surface area contributed by atoms with Crippen LogP contribution >= 0.6 is 0 Å². The molecule has 4 heteroatoms. The van der Waals surface area contributed by atoms with E-state index in [1.807, 2.05) is 91.0 Å². The Kier molecular flexibility index (Phi) is 4.39. The molecule has 4 nitrogen and oxygen atoms in total. The number of carbonyl (C=O) groups excluding carboxylic acids is 1. The third-order valence-electron chi connectivity index (χ3n) is 4.21. The van der Waals surface area contributed by atoms with Crippen LogP contribution < -0.4 is 0 Å². The maximum Gasteiger partial charge on any atom is 0.213 e. The first-order valence-electron chi connectivity index (χ1n) is 8.45. The van der Waals surface area contributed by atoms with Crippen molar-refractivity contribution in [3.63, 3.8) is 0 Å². The second-order valence-corrected chi connectivity index (χ2v) is 5.99. The van der Waals surface area contributed by atoms with Crippen LogP contribution in [0.25, 0.3) is 11.3 Å². The number of hydrogen-bond donors (Lipinski definition) is 0. The van der Waals surface area contributed by atoms with Crippen molar-refractivity contribution in [1.29, 1.82) is 0 Å². The lowest BCUT2D eigenvalue weighted by atomic mass is 10.0. The standard InChI is InChI=1S/C22H17N3O/c26-22(19-14-8-3-9-15-19)21-20(18-12-6-2-7-13-18)23-24-25(21)16-17-10-4-1-5-11-17/h1-15H,16H2. The SMILES string of the molecule is O=C(c1ccccc1)c1c(-c2ccccc2)nnn1Cc1ccccc1. The molecule has 26 heavy (non-hydrogen) atoms. The van der Waals surface area contributed by atoms with Crippen LogP contribution in [-0.4, -0.2) is 20.8 Å². The van der Waals surface area contributed by atoms with Crippen LogP contribution in [0.4, 0.5) is 0 Å². The average Bonchev–Trinajstić information content (AvgIpc) is 3.13. The Morgan fingerprint density at radius 3 is 2.00 bits per heavy atom. The van der Waals surface area contributed by atoms with E-state index in [4.69, 9.17) is 0 Å². The molecule has 0 spiro atoms. The van der Waals surface area contributed by atoms with Gasteiger partial charge in [-0.1, -0.05) is 96.2 Å². The first-order valence-corrected chi connectivity index (χ1v) is 8.45. The summed E-state index contributed by atoms with van der Waals surface area (Å²) in [5, 5.41) is 8.60. The van der Waals surface area contributed by atoms with Crippen LogP contribution in [0.1, 0.15) is 21.6 Å². The summed E-state index contributed by atoms with van der Waals surface area (Å²) in [5.74, 6) is -0.0783. The second-order valence-electron chi connectivity index (χ2n) is 5.99. The molecule has 0 N–H and O–H groups in total. The Balaban J connectivity index is 1.82. The van der Waals surface area contributed by atoms with E-state index in [2.05, 4.69) is 10.3 Å². The van der Waals surface area contributed by atoms with Crippen molar-refractivity contribution < 1.29 is 4.79 Å². The zero-order valence-electron chi connectivity index (χ0n) is 14.1. The first kappa shape index (κ1) is 16.0. The van der Waals surface area contributed by atoms with Crippen molar-refractivity contribution >= 4 is 5.78 Å². The van der Waals surface area contributed by atoms with Gasteiger partial charge in [0, 0.05) is 11.1 Å². The van der Waals surface area contributed by atoms with Gasteiger partial charge < -0.3 is 0 Å². The molecule has 4 aromatic rings. The zero-order valence-corrected chi connectivity index (χ0v) is 14.1. The molecule has 0 aliphatic heterocycles. The smallest absolute Gasteiger partial charge is 0.213 e. The number of ketones is 1. The van der Waals surface area contributed by atoms with Gasteiger partial charge in [-0.25, -0.2) is 4.68 Å². The zero-order chi connectivity index (χ0) is 17.8. The van der Waals surface area contributed by atoms with E-state index < -0.39 is 0 Å². The summed E-state index contributed by atoms with van der Waals surface area (Å²) >= 11 is 0. The van der Waals surface area contributed by atoms with E-state index in [0.717, 1.165) is 11.1 Å². The third kappa shape index (κ3) is 3.17. The van der Waals surface area contributed by atoms with Crippen molar-refractivity contribution in [2.24, 2.45) is 0 Å². The van der Waals surface area contributed by atoms with Gasteiger partial charge in [0.25, 0.3) is 0 Å². The van der Waals surface area contributed by atoms with Crippen LogP contribution in [0.3, 0.4) is 0 Å². The number of nitrogens with zero attached hydrogens (tertiary/aromatic N) is 3. The molecular weight excluding hydrogens is 322 g/mol. The molecule has 0 amide bonds. The minimum Gasteiger partial charge on any atom is -0.287 e. The van der Waals surface area contributed by atoms with Gasteiger partial charge in [0.2, 0.25) is 5.78 Å². The molecule has 0 unspecified atom stereocenters. The van der Waals surface area contributed by atoms with Crippen molar-refractivity contribution in [3.8, 4) is 11.3 Å². The molecule has 0 saturated carbocycles. The lowest BCUT2D eigenvalue weighted by Crippen LogP contribution is -2.13. The molecule has 0 radical (unpaired) electrons. The van der Waals surface area contributed by atoms with E-state index >= 15 is 0 Å². The number of aromatic nitrogens is 3. The fourth-order valence-electron chi connectivity index (χ4n) is 2.92. The van der Waals surface area contributed by atoms with Crippen molar-refractivity contribution in [2.75, 3.05) is 0 Å². The summed E-state index contributed by atoms with van der Waals surface area (Å²) in [6.07, 6.45) is 0. The molecule has 0 fully saturated rings. The molecule has 1 aromatic heterocycles. The van der Waals surface area contributed by atoms with E-state index in [-0.39, 0.29) is 5.78 Å². The van der Waals surface area contributed by atoms with Gasteiger partial charge in [0.15, 0.2) is 0 Å². The quantitative estimate of drug-likeness (QED) is 0.511. The van der Waals surface area contributed by atoms with Gasteiger partial charge in [-0.15, -0.1) is 5.10 Å². The summed E-state index contributed by atoms with van der Waals surface area (Å²) in [6, 6.07) is 28.9. The first-order chi connectivity index (χ1) is 12.8. The molecule has 0 saturated heterocycles. The van der Waals surface area contributed by atoms with Gasteiger partial charge in [0.1, 0.15) is 11.4 Å². The minimum absolute atomic E-state index is 0.0783. The second kappa shape index (κ2) is 7.15. The maximum absolute atomic E-state index is 13.2. The number of rotatable bonds is 5. The lowest BCUT2D eigenvalue weighted by Gasteiger charge is -2.08. The fourth-order valence-corrected chi connectivity index (χ4v) is 2.92. The highest BCUT2D eigenvalue weighted by Crippen LogP contribution is 2.24. The highest BCUT2D eigenvalue weighted by atomic mass is 16.1. The Labute approximate surface area is 151 Å². The molecule has 126 valence electrons. The van der Waals surface area contributed by atoms with Crippen LogP contribution in [0, 0.1) is 0 Å². The van der Waals surface area contributed by atoms with E-state index in [1.54, 1.807) is 4.68 Å². The number of hydrogen-bond acceptors (Lipinski definition) is 3. The van der Waals surface area contributed by atoms with E-state index in [0.29, 0.717) is 23.5 Å². The summed E-state index contributed by atoms with van der Waals surface area (Å²) in [4.78, 5) is 13.2. The molecule has 0 aliphatic rings. The van der Waals surface area contributed by atoms with Crippen LogP contribution in [0.15, 0.2) is 91.0 Å². The number of carbonyl (C=O) groups is 1. The molecule has 0 aliphatic carbocycles. The summed E-state index contributed by atoms with van der Waals surface area (Å²) in [6.45, 7) is 0.495. The Bertz CT molecular complexity index is 1010. The Morgan fingerprint density at radius 2 is 1.35 bits per heavy atom. The Hall–Kier alpha value is -3.53. The summed E-state index contributed by atoms with van der Waals surface area (Å²) in [5.41, 5.74) is 3.69. The molecule has 3 aromatic carbocycles. The van der Waals surface area contributed by atoms with Crippen molar-refractivity contribution in [3.05, 3.63) is 108 Å². The monoisotopic (exact) mass is 339 g/mol. The normalized spacial score (nSPS) is 10.6.